The van der Waals surface area contributed by atoms with Crippen LogP contribution in [-0.4, -0.2) is 11.8 Å². The molecular formula is C8H11N3O2. The third-order valence-corrected chi connectivity index (χ3v) is 1.46. The lowest BCUT2D eigenvalue weighted by Gasteiger charge is -2.00. The number of amides is 2. The summed E-state index contributed by atoms with van der Waals surface area (Å²) in [6, 6.07) is 6.16. The molecule has 0 aliphatic carbocycles. The van der Waals surface area contributed by atoms with E-state index in [9.17, 15) is 9.59 Å². The molecule has 0 unspecified atom stereocenters. The molecule has 0 spiro atoms. The molecular weight excluding hydrogens is 170 g/mol. The van der Waals surface area contributed by atoms with Crippen molar-refractivity contribution >= 4 is 11.8 Å². The van der Waals surface area contributed by atoms with Crippen molar-refractivity contribution in [2.24, 2.45) is 11.5 Å². The van der Waals surface area contributed by atoms with E-state index in [-0.39, 0.29) is 17.3 Å². The monoisotopic (exact) mass is 181 g/mol. The summed E-state index contributed by atoms with van der Waals surface area (Å²) in [6.45, 7) is 0. The minimum atomic E-state index is -0.649. The second-order valence-corrected chi connectivity index (χ2v) is 2.27. The zero-order chi connectivity index (χ0) is 9.14. The molecule has 0 aliphatic heterocycles. The number of nitrogens with two attached hydrogens (primary N) is 2. The predicted octanol–water partition coefficient (Wildman–Crippen LogP) is 0.0464. The van der Waals surface area contributed by atoms with Crippen LogP contribution in [0.2, 0.25) is 0 Å². The Morgan fingerprint density at radius 3 is 1.46 bits per heavy atom. The fraction of sp³-hybridized carbons (Fsp3) is 0. The zero-order valence-electron chi connectivity index (χ0n) is 6.99. The molecule has 0 radical (unpaired) electrons. The summed E-state index contributed by atoms with van der Waals surface area (Å²) in [6.07, 6.45) is 0. The third-order valence-electron chi connectivity index (χ3n) is 1.46. The molecule has 0 aromatic heterocycles. The SMILES string of the molecule is N.NC(=O)c1ccccc1C(N)=O. The average molecular weight is 181 g/mol. The highest BCUT2D eigenvalue weighted by atomic mass is 16.2. The Morgan fingerprint density at radius 2 is 1.23 bits per heavy atom. The Morgan fingerprint density at radius 1 is 0.923 bits per heavy atom. The minimum absolute atomic E-state index is 0. The summed E-state index contributed by atoms with van der Waals surface area (Å²) in [5, 5.41) is 0. The van der Waals surface area contributed by atoms with Crippen molar-refractivity contribution in [3.63, 3.8) is 0 Å². The molecule has 0 fully saturated rings. The van der Waals surface area contributed by atoms with Crippen molar-refractivity contribution in [3.05, 3.63) is 35.4 Å². The molecule has 0 heterocycles. The van der Waals surface area contributed by atoms with Crippen LogP contribution in [0.3, 0.4) is 0 Å². The van der Waals surface area contributed by atoms with Crippen molar-refractivity contribution in [1.82, 2.24) is 6.15 Å². The lowest BCUT2D eigenvalue weighted by molar-refractivity contribution is 0.0967. The Hall–Kier alpha value is -1.88. The van der Waals surface area contributed by atoms with Crippen LogP contribution < -0.4 is 17.6 Å². The van der Waals surface area contributed by atoms with Gasteiger partial charge in [0.15, 0.2) is 0 Å². The van der Waals surface area contributed by atoms with Crippen LogP contribution in [0.1, 0.15) is 20.7 Å². The molecule has 0 atom stereocenters. The van der Waals surface area contributed by atoms with Crippen LogP contribution in [0.15, 0.2) is 24.3 Å². The van der Waals surface area contributed by atoms with Gasteiger partial charge in [-0.05, 0) is 12.1 Å². The first kappa shape index (κ1) is 11.1. The number of benzene rings is 1. The molecule has 1 rings (SSSR count). The maximum atomic E-state index is 10.7. The third kappa shape index (κ3) is 2.28. The lowest BCUT2D eigenvalue weighted by Crippen LogP contribution is -2.20. The van der Waals surface area contributed by atoms with Crippen LogP contribution in [-0.2, 0) is 0 Å². The first-order chi connectivity index (χ1) is 5.63. The van der Waals surface area contributed by atoms with E-state index in [4.69, 9.17) is 11.5 Å². The molecule has 5 nitrogen and oxygen atoms in total. The van der Waals surface area contributed by atoms with Gasteiger partial charge in [-0.2, -0.15) is 0 Å². The van der Waals surface area contributed by atoms with Crippen molar-refractivity contribution in [2.75, 3.05) is 0 Å². The molecule has 5 heteroatoms. The van der Waals surface area contributed by atoms with E-state index in [1.807, 2.05) is 0 Å². The van der Waals surface area contributed by atoms with Crippen LogP contribution in [0.5, 0.6) is 0 Å². The number of hydrogen-bond donors (Lipinski definition) is 3. The van der Waals surface area contributed by atoms with Gasteiger partial charge in [-0.25, -0.2) is 0 Å². The zero-order valence-corrected chi connectivity index (χ0v) is 6.99. The summed E-state index contributed by atoms with van der Waals surface area (Å²) in [7, 11) is 0. The summed E-state index contributed by atoms with van der Waals surface area (Å²) >= 11 is 0. The molecule has 0 saturated carbocycles. The average Bonchev–Trinajstić information content (AvgIpc) is 2.04. The van der Waals surface area contributed by atoms with E-state index in [1.165, 1.54) is 12.1 Å². The van der Waals surface area contributed by atoms with Gasteiger partial charge >= 0.3 is 0 Å². The van der Waals surface area contributed by atoms with Crippen LogP contribution >= 0.6 is 0 Å². The summed E-state index contributed by atoms with van der Waals surface area (Å²) in [5.41, 5.74) is 10.3. The van der Waals surface area contributed by atoms with Crippen molar-refractivity contribution in [3.8, 4) is 0 Å². The highest BCUT2D eigenvalue weighted by Crippen LogP contribution is 2.06. The second-order valence-electron chi connectivity index (χ2n) is 2.27. The molecule has 70 valence electrons. The largest absolute Gasteiger partial charge is 0.366 e. The van der Waals surface area contributed by atoms with Gasteiger partial charge in [-0.1, -0.05) is 12.1 Å². The van der Waals surface area contributed by atoms with Gasteiger partial charge in [-0.3, -0.25) is 9.59 Å². The van der Waals surface area contributed by atoms with E-state index in [0.717, 1.165) is 0 Å². The van der Waals surface area contributed by atoms with E-state index >= 15 is 0 Å². The first-order valence-electron chi connectivity index (χ1n) is 3.31. The fourth-order valence-corrected chi connectivity index (χ4v) is 0.913. The molecule has 7 N–H and O–H groups in total. The lowest BCUT2D eigenvalue weighted by atomic mass is 10.1. The number of rotatable bonds is 2. The Balaban J connectivity index is 0.00000144. The van der Waals surface area contributed by atoms with Crippen molar-refractivity contribution in [1.29, 1.82) is 0 Å². The standard InChI is InChI=1S/C8H8N2O2.H3N/c9-7(11)5-3-1-2-4-6(5)8(10)12;/h1-4H,(H2,9,11)(H2,10,12);1H3. The van der Waals surface area contributed by atoms with Crippen LogP contribution in [0.25, 0.3) is 0 Å². The number of carbonyl (C=O) groups is 2. The van der Waals surface area contributed by atoms with Crippen molar-refractivity contribution < 1.29 is 9.59 Å². The number of primary amides is 2. The molecule has 0 bridgehead atoms. The number of hydrogen-bond acceptors (Lipinski definition) is 3. The summed E-state index contributed by atoms with van der Waals surface area (Å²) < 4.78 is 0. The molecule has 1 aromatic carbocycles. The maximum absolute atomic E-state index is 10.7. The van der Waals surface area contributed by atoms with Crippen LogP contribution in [0.4, 0.5) is 0 Å². The van der Waals surface area contributed by atoms with Gasteiger partial charge in [-0.15, -0.1) is 0 Å². The molecule has 13 heavy (non-hydrogen) atoms. The molecule has 0 saturated heterocycles. The van der Waals surface area contributed by atoms with E-state index in [1.54, 1.807) is 12.1 Å². The van der Waals surface area contributed by atoms with E-state index < -0.39 is 11.8 Å². The van der Waals surface area contributed by atoms with Gasteiger partial charge in [0.2, 0.25) is 11.8 Å². The molecule has 0 aliphatic rings. The molecule has 1 aromatic rings. The van der Waals surface area contributed by atoms with Gasteiger partial charge in [0, 0.05) is 0 Å². The van der Waals surface area contributed by atoms with Crippen molar-refractivity contribution in [2.45, 2.75) is 0 Å². The highest BCUT2D eigenvalue weighted by molar-refractivity contribution is 6.05. The Bertz CT molecular complexity index is 303. The fourth-order valence-electron chi connectivity index (χ4n) is 0.913. The van der Waals surface area contributed by atoms with Gasteiger partial charge < -0.3 is 17.6 Å². The van der Waals surface area contributed by atoms with E-state index in [2.05, 4.69) is 0 Å². The van der Waals surface area contributed by atoms with Gasteiger partial charge in [0.05, 0.1) is 11.1 Å². The smallest absolute Gasteiger partial charge is 0.249 e. The van der Waals surface area contributed by atoms with E-state index in [0.29, 0.717) is 0 Å². The normalized spacial score (nSPS) is 8.62. The van der Waals surface area contributed by atoms with Gasteiger partial charge in [0.25, 0.3) is 0 Å². The number of carbonyl (C=O) groups excluding carboxylic acids is 2. The quantitative estimate of drug-likeness (QED) is 0.597. The van der Waals surface area contributed by atoms with Gasteiger partial charge in [0.1, 0.15) is 0 Å². The second kappa shape index (κ2) is 4.22. The molecule has 2 amide bonds. The predicted molar refractivity (Wildman–Crippen MR) is 48.5 cm³/mol. The maximum Gasteiger partial charge on any atom is 0.249 e. The first-order valence-corrected chi connectivity index (χ1v) is 3.31. The minimum Gasteiger partial charge on any atom is -0.366 e. The highest BCUT2D eigenvalue weighted by Gasteiger charge is 2.10. The Labute approximate surface area is 75.3 Å². The van der Waals surface area contributed by atoms with Crippen LogP contribution in [0, 0.1) is 0 Å². The Kier molecular flexibility index (Phi) is 3.61. The topological polar surface area (TPSA) is 121 Å². The summed E-state index contributed by atoms with van der Waals surface area (Å²) in [5.74, 6) is -1.30. The summed E-state index contributed by atoms with van der Waals surface area (Å²) in [4.78, 5) is 21.5.